The molecule has 1 fully saturated rings. The van der Waals surface area contributed by atoms with E-state index in [9.17, 15) is 4.79 Å². The molecule has 0 bridgehead atoms. The number of aromatic nitrogens is 1. The molecular formula is C16H22N4O2. The van der Waals surface area contributed by atoms with Gasteiger partial charge >= 0.3 is 5.97 Å². The van der Waals surface area contributed by atoms with Crippen molar-refractivity contribution in [2.45, 2.75) is 45.1 Å². The number of pyridine rings is 1. The first-order valence-corrected chi connectivity index (χ1v) is 7.70. The van der Waals surface area contributed by atoms with E-state index in [2.05, 4.69) is 21.9 Å². The first-order chi connectivity index (χ1) is 10.7. The zero-order valence-electron chi connectivity index (χ0n) is 13.1. The SMILES string of the molecule is COC(=O)C1CCC(C(C)c2cccc(CN=[N+]=[N-])n2)CC1. The number of carbonyl (C=O) groups excluding carboxylic acids is 1. The molecule has 6 nitrogen and oxygen atoms in total. The number of hydrogen-bond acceptors (Lipinski definition) is 4. The molecule has 1 heterocycles. The lowest BCUT2D eigenvalue weighted by atomic mass is 9.75. The maximum Gasteiger partial charge on any atom is 0.308 e. The van der Waals surface area contributed by atoms with Crippen LogP contribution in [0.2, 0.25) is 0 Å². The molecule has 1 aromatic rings. The number of carbonyl (C=O) groups is 1. The smallest absolute Gasteiger partial charge is 0.308 e. The second-order valence-corrected chi connectivity index (χ2v) is 5.87. The molecule has 1 unspecified atom stereocenters. The molecule has 1 aromatic heterocycles. The summed E-state index contributed by atoms with van der Waals surface area (Å²) in [5, 5.41) is 3.56. The molecule has 0 spiro atoms. The minimum atomic E-state index is -0.0828. The zero-order chi connectivity index (χ0) is 15.9. The van der Waals surface area contributed by atoms with Crippen LogP contribution in [-0.4, -0.2) is 18.1 Å². The summed E-state index contributed by atoms with van der Waals surface area (Å²) in [5.74, 6) is 0.839. The zero-order valence-corrected chi connectivity index (χ0v) is 13.1. The molecule has 1 aliphatic carbocycles. The number of methoxy groups -OCH3 is 1. The second kappa shape index (κ2) is 7.80. The highest BCUT2D eigenvalue weighted by atomic mass is 16.5. The fraction of sp³-hybridized carbons (Fsp3) is 0.625. The molecule has 0 aliphatic heterocycles. The van der Waals surface area contributed by atoms with Crippen molar-refractivity contribution in [3.05, 3.63) is 40.0 Å². The van der Waals surface area contributed by atoms with E-state index in [0.29, 0.717) is 11.8 Å². The van der Waals surface area contributed by atoms with Crippen LogP contribution >= 0.6 is 0 Å². The van der Waals surface area contributed by atoms with Crippen LogP contribution < -0.4 is 0 Å². The predicted octanol–water partition coefficient (Wildman–Crippen LogP) is 3.97. The van der Waals surface area contributed by atoms with Gasteiger partial charge in [-0.3, -0.25) is 9.78 Å². The van der Waals surface area contributed by atoms with Crippen LogP contribution in [0.25, 0.3) is 10.4 Å². The lowest BCUT2D eigenvalue weighted by Gasteiger charge is -2.31. The maximum atomic E-state index is 11.6. The van der Waals surface area contributed by atoms with Gasteiger partial charge in [-0.1, -0.05) is 18.1 Å². The molecule has 2 rings (SSSR count). The lowest BCUT2D eigenvalue weighted by Crippen LogP contribution is -2.25. The Kier molecular flexibility index (Phi) is 5.78. The van der Waals surface area contributed by atoms with Crippen molar-refractivity contribution in [1.29, 1.82) is 0 Å². The highest BCUT2D eigenvalue weighted by Crippen LogP contribution is 2.37. The Morgan fingerprint density at radius 1 is 1.45 bits per heavy atom. The normalized spacial score (nSPS) is 22.5. The van der Waals surface area contributed by atoms with E-state index in [1.165, 1.54) is 7.11 Å². The predicted molar refractivity (Wildman–Crippen MR) is 83.0 cm³/mol. The van der Waals surface area contributed by atoms with Gasteiger partial charge in [-0.2, -0.15) is 0 Å². The summed E-state index contributed by atoms with van der Waals surface area (Å²) in [6.45, 7) is 2.47. The highest BCUT2D eigenvalue weighted by Gasteiger charge is 2.30. The van der Waals surface area contributed by atoms with E-state index in [0.717, 1.165) is 37.1 Å². The van der Waals surface area contributed by atoms with Gasteiger partial charge in [0.2, 0.25) is 0 Å². The number of nitrogens with zero attached hydrogens (tertiary/aromatic N) is 4. The van der Waals surface area contributed by atoms with E-state index in [1.54, 1.807) is 0 Å². The molecule has 0 aromatic carbocycles. The number of azide groups is 1. The van der Waals surface area contributed by atoms with Crippen molar-refractivity contribution < 1.29 is 9.53 Å². The van der Waals surface area contributed by atoms with E-state index < -0.39 is 0 Å². The Bertz CT molecular complexity index is 561. The van der Waals surface area contributed by atoms with E-state index in [-0.39, 0.29) is 18.4 Å². The van der Waals surface area contributed by atoms with Crippen molar-refractivity contribution >= 4 is 5.97 Å². The molecule has 0 amide bonds. The van der Waals surface area contributed by atoms with Gasteiger partial charge in [0.25, 0.3) is 0 Å². The Balaban J connectivity index is 1.99. The Hall–Kier alpha value is -2.07. The monoisotopic (exact) mass is 302 g/mol. The maximum absolute atomic E-state index is 11.6. The number of rotatable bonds is 5. The van der Waals surface area contributed by atoms with Crippen molar-refractivity contribution in [3.63, 3.8) is 0 Å². The minimum Gasteiger partial charge on any atom is -0.469 e. The molecule has 1 saturated carbocycles. The van der Waals surface area contributed by atoms with Gasteiger partial charge in [0.1, 0.15) is 0 Å². The van der Waals surface area contributed by atoms with Crippen LogP contribution in [0.5, 0.6) is 0 Å². The van der Waals surface area contributed by atoms with Crippen molar-refractivity contribution in [2.75, 3.05) is 7.11 Å². The Labute approximate surface area is 130 Å². The first kappa shape index (κ1) is 16.3. The Morgan fingerprint density at radius 3 is 2.82 bits per heavy atom. The topological polar surface area (TPSA) is 88.0 Å². The van der Waals surface area contributed by atoms with Crippen molar-refractivity contribution in [3.8, 4) is 0 Å². The van der Waals surface area contributed by atoms with Gasteiger partial charge in [0.05, 0.1) is 19.6 Å². The van der Waals surface area contributed by atoms with Gasteiger partial charge < -0.3 is 4.74 Å². The van der Waals surface area contributed by atoms with Crippen LogP contribution in [0.3, 0.4) is 0 Å². The quantitative estimate of drug-likeness (QED) is 0.357. The molecule has 0 radical (unpaired) electrons. The van der Waals surface area contributed by atoms with Crippen LogP contribution in [-0.2, 0) is 16.1 Å². The van der Waals surface area contributed by atoms with Crippen molar-refractivity contribution in [2.24, 2.45) is 17.0 Å². The Morgan fingerprint density at radius 2 is 2.18 bits per heavy atom. The summed E-state index contributed by atoms with van der Waals surface area (Å²) in [6, 6.07) is 5.86. The third kappa shape index (κ3) is 3.98. The second-order valence-electron chi connectivity index (χ2n) is 5.87. The molecule has 0 saturated heterocycles. The fourth-order valence-electron chi connectivity index (χ4n) is 3.21. The fourth-order valence-corrected chi connectivity index (χ4v) is 3.21. The summed E-state index contributed by atoms with van der Waals surface area (Å²) >= 11 is 0. The van der Waals surface area contributed by atoms with Gasteiger partial charge in [0, 0.05) is 22.2 Å². The summed E-state index contributed by atoms with van der Waals surface area (Å²) in [6.07, 6.45) is 3.81. The van der Waals surface area contributed by atoms with Gasteiger partial charge in [-0.25, -0.2) is 0 Å². The van der Waals surface area contributed by atoms with Crippen LogP contribution in [0.15, 0.2) is 23.3 Å². The summed E-state index contributed by atoms with van der Waals surface area (Å²) in [4.78, 5) is 19.0. The van der Waals surface area contributed by atoms with Crippen LogP contribution in [0, 0.1) is 11.8 Å². The molecule has 118 valence electrons. The number of hydrogen-bond donors (Lipinski definition) is 0. The summed E-state index contributed by atoms with van der Waals surface area (Å²) in [5.41, 5.74) is 10.2. The molecule has 22 heavy (non-hydrogen) atoms. The lowest BCUT2D eigenvalue weighted by molar-refractivity contribution is -0.146. The largest absolute Gasteiger partial charge is 0.469 e. The average molecular weight is 302 g/mol. The highest BCUT2D eigenvalue weighted by molar-refractivity contribution is 5.72. The standard InChI is InChI=1S/C16H22N4O2/c1-11(12-6-8-13(9-7-12)16(21)22-2)15-5-3-4-14(19-15)10-18-20-17/h3-5,11-13H,6-10H2,1-2H3. The van der Waals surface area contributed by atoms with Gasteiger partial charge in [-0.15, -0.1) is 0 Å². The minimum absolute atomic E-state index is 0.0534. The average Bonchev–Trinajstić information content (AvgIpc) is 2.59. The van der Waals surface area contributed by atoms with E-state index in [1.807, 2.05) is 18.2 Å². The first-order valence-electron chi connectivity index (χ1n) is 7.70. The molecular weight excluding hydrogens is 280 g/mol. The van der Waals surface area contributed by atoms with Gasteiger partial charge in [0.15, 0.2) is 0 Å². The number of esters is 1. The van der Waals surface area contributed by atoms with Crippen LogP contribution in [0.4, 0.5) is 0 Å². The molecule has 1 atom stereocenters. The van der Waals surface area contributed by atoms with Crippen molar-refractivity contribution in [1.82, 2.24) is 4.98 Å². The third-order valence-corrected chi connectivity index (χ3v) is 4.60. The summed E-state index contributed by atoms with van der Waals surface area (Å²) in [7, 11) is 1.45. The third-order valence-electron chi connectivity index (χ3n) is 4.60. The number of ether oxygens (including phenoxy) is 1. The molecule has 1 aliphatic rings. The van der Waals surface area contributed by atoms with Gasteiger partial charge in [-0.05, 0) is 49.3 Å². The molecule has 6 heteroatoms. The summed E-state index contributed by atoms with van der Waals surface area (Å²) < 4.78 is 4.83. The van der Waals surface area contributed by atoms with E-state index >= 15 is 0 Å². The van der Waals surface area contributed by atoms with E-state index in [4.69, 9.17) is 10.3 Å². The molecule has 0 N–H and O–H groups in total. The van der Waals surface area contributed by atoms with Crippen LogP contribution in [0.1, 0.15) is 49.9 Å².